The first-order valence-electron chi connectivity index (χ1n) is 7.45. The molecule has 0 spiro atoms. The summed E-state index contributed by atoms with van der Waals surface area (Å²) >= 11 is 12.0. The molecular formula is C18H14Cl2N2O3. The SMILES string of the molecule is CC(Oc1cccc(Cl)c1Cl)C(=O)Nc1cccc(-c2cnco2)c1. The quantitative estimate of drug-likeness (QED) is 0.676. The molecule has 1 heterocycles. The molecule has 3 aromatic rings. The number of ether oxygens (including phenoxy) is 1. The molecule has 0 aliphatic rings. The largest absolute Gasteiger partial charge is 0.479 e. The van der Waals surface area contributed by atoms with E-state index in [1.165, 1.54) is 6.39 Å². The molecule has 1 amide bonds. The number of benzene rings is 2. The van der Waals surface area contributed by atoms with Gasteiger partial charge in [-0.3, -0.25) is 4.79 Å². The van der Waals surface area contributed by atoms with Gasteiger partial charge in [-0.15, -0.1) is 0 Å². The zero-order chi connectivity index (χ0) is 17.8. The van der Waals surface area contributed by atoms with E-state index in [9.17, 15) is 4.79 Å². The molecule has 5 nitrogen and oxygen atoms in total. The summed E-state index contributed by atoms with van der Waals surface area (Å²) in [5.41, 5.74) is 1.42. The lowest BCUT2D eigenvalue weighted by Crippen LogP contribution is -2.30. The van der Waals surface area contributed by atoms with Crippen LogP contribution in [0, 0.1) is 0 Å². The zero-order valence-electron chi connectivity index (χ0n) is 13.2. The Hall–Kier alpha value is -2.50. The summed E-state index contributed by atoms with van der Waals surface area (Å²) in [7, 11) is 0. The maximum atomic E-state index is 12.4. The molecule has 2 aromatic carbocycles. The van der Waals surface area contributed by atoms with E-state index in [-0.39, 0.29) is 10.9 Å². The molecule has 0 fully saturated rings. The Kier molecular flexibility index (Phi) is 5.26. The molecule has 0 saturated heterocycles. The highest BCUT2D eigenvalue weighted by atomic mass is 35.5. The van der Waals surface area contributed by atoms with Crippen molar-refractivity contribution in [1.29, 1.82) is 0 Å². The van der Waals surface area contributed by atoms with Gasteiger partial charge in [0.05, 0.1) is 11.2 Å². The molecule has 1 aromatic heterocycles. The molecule has 25 heavy (non-hydrogen) atoms. The van der Waals surface area contributed by atoms with Gasteiger partial charge in [0.2, 0.25) is 0 Å². The van der Waals surface area contributed by atoms with Gasteiger partial charge in [0.25, 0.3) is 5.91 Å². The van der Waals surface area contributed by atoms with Crippen LogP contribution in [0.4, 0.5) is 5.69 Å². The van der Waals surface area contributed by atoms with Crippen molar-refractivity contribution in [1.82, 2.24) is 4.98 Å². The molecule has 0 radical (unpaired) electrons. The van der Waals surface area contributed by atoms with Crippen LogP contribution in [-0.2, 0) is 4.79 Å². The Balaban J connectivity index is 1.69. The normalized spacial score (nSPS) is 11.8. The molecule has 0 bridgehead atoms. The number of carbonyl (C=O) groups is 1. The summed E-state index contributed by atoms with van der Waals surface area (Å²) in [5.74, 6) is 0.657. The number of oxazole rings is 1. The van der Waals surface area contributed by atoms with E-state index in [2.05, 4.69) is 10.3 Å². The lowest BCUT2D eigenvalue weighted by molar-refractivity contribution is -0.122. The minimum absolute atomic E-state index is 0.274. The summed E-state index contributed by atoms with van der Waals surface area (Å²) in [6.45, 7) is 1.63. The number of hydrogen-bond donors (Lipinski definition) is 1. The van der Waals surface area contributed by atoms with Gasteiger partial charge in [-0.2, -0.15) is 0 Å². The van der Waals surface area contributed by atoms with Crippen LogP contribution in [0.5, 0.6) is 5.75 Å². The molecule has 1 unspecified atom stereocenters. The van der Waals surface area contributed by atoms with Gasteiger partial charge in [0.15, 0.2) is 18.3 Å². The number of halogens is 2. The predicted molar refractivity (Wildman–Crippen MR) is 97.1 cm³/mol. The van der Waals surface area contributed by atoms with Gasteiger partial charge < -0.3 is 14.5 Å². The molecule has 1 N–H and O–H groups in total. The van der Waals surface area contributed by atoms with Crippen molar-refractivity contribution >= 4 is 34.8 Å². The van der Waals surface area contributed by atoms with Gasteiger partial charge in [-0.05, 0) is 31.2 Å². The minimum Gasteiger partial charge on any atom is -0.479 e. The van der Waals surface area contributed by atoms with Crippen LogP contribution in [0.25, 0.3) is 11.3 Å². The molecule has 0 aliphatic carbocycles. The Morgan fingerprint density at radius 2 is 2.04 bits per heavy atom. The summed E-state index contributed by atoms with van der Waals surface area (Å²) < 4.78 is 10.9. The average Bonchev–Trinajstić information content (AvgIpc) is 3.14. The monoisotopic (exact) mass is 376 g/mol. The van der Waals surface area contributed by atoms with Gasteiger partial charge in [-0.1, -0.05) is 41.4 Å². The van der Waals surface area contributed by atoms with E-state index in [1.807, 2.05) is 12.1 Å². The molecule has 0 aliphatic heterocycles. The molecule has 3 rings (SSSR count). The molecular weight excluding hydrogens is 363 g/mol. The second kappa shape index (κ2) is 7.59. The van der Waals surface area contributed by atoms with Crippen LogP contribution < -0.4 is 10.1 Å². The number of amides is 1. The topological polar surface area (TPSA) is 64.4 Å². The van der Waals surface area contributed by atoms with Crippen LogP contribution in [0.1, 0.15) is 6.92 Å². The van der Waals surface area contributed by atoms with Crippen molar-refractivity contribution < 1.29 is 13.9 Å². The van der Waals surface area contributed by atoms with E-state index in [4.69, 9.17) is 32.4 Å². The second-order valence-electron chi connectivity index (χ2n) is 5.25. The molecule has 128 valence electrons. The van der Waals surface area contributed by atoms with Gasteiger partial charge in [0, 0.05) is 11.3 Å². The summed E-state index contributed by atoms with van der Waals surface area (Å²) in [5, 5.41) is 3.44. The Morgan fingerprint density at radius 1 is 1.24 bits per heavy atom. The van der Waals surface area contributed by atoms with E-state index < -0.39 is 6.10 Å². The highest BCUT2D eigenvalue weighted by Gasteiger charge is 2.17. The smallest absolute Gasteiger partial charge is 0.265 e. The number of rotatable bonds is 5. The fourth-order valence-corrected chi connectivity index (χ4v) is 2.51. The third-order valence-electron chi connectivity index (χ3n) is 3.44. The van der Waals surface area contributed by atoms with E-state index in [1.54, 1.807) is 43.5 Å². The van der Waals surface area contributed by atoms with Crippen molar-refractivity contribution in [2.45, 2.75) is 13.0 Å². The van der Waals surface area contributed by atoms with Gasteiger partial charge >= 0.3 is 0 Å². The molecule has 1 atom stereocenters. The predicted octanol–water partition coefficient (Wildman–Crippen LogP) is 5.05. The lowest BCUT2D eigenvalue weighted by Gasteiger charge is -2.16. The summed E-state index contributed by atoms with van der Waals surface area (Å²) in [6.07, 6.45) is 2.20. The van der Waals surface area contributed by atoms with E-state index in [0.717, 1.165) is 5.56 Å². The Bertz CT molecular complexity index is 882. The number of aromatic nitrogens is 1. The first kappa shape index (κ1) is 17.3. The number of nitrogens with zero attached hydrogens (tertiary/aromatic N) is 1. The number of nitrogens with one attached hydrogen (secondary N) is 1. The third kappa shape index (κ3) is 4.13. The van der Waals surface area contributed by atoms with Crippen LogP contribution >= 0.6 is 23.2 Å². The lowest BCUT2D eigenvalue weighted by atomic mass is 10.1. The number of carbonyl (C=O) groups excluding carboxylic acids is 1. The van der Waals surface area contributed by atoms with Crippen molar-refractivity contribution in [2.24, 2.45) is 0 Å². The van der Waals surface area contributed by atoms with Gasteiger partial charge in [-0.25, -0.2) is 4.98 Å². The number of hydrogen-bond acceptors (Lipinski definition) is 4. The van der Waals surface area contributed by atoms with Crippen LogP contribution in [0.2, 0.25) is 10.0 Å². The van der Waals surface area contributed by atoms with Crippen LogP contribution in [0.15, 0.2) is 59.5 Å². The highest BCUT2D eigenvalue weighted by molar-refractivity contribution is 6.42. The van der Waals surface area contributed by atoms with Crippen molar-refractivity contribution in [3.8, 4) is 17.1 Å². The molecule has 0 saturated carbocycles. The van der Waals surface area contributed by atoms with Crippen LogP contribution in [-0.4, -0.2) is 17.0 Å². The average molecular weight is 377 g/mol. The van der Waals surface area contributed by atoms with E-state index >= 15 is 0 Å². The zero-order valence-corrected chi connectivity index (χ0v) is 14.7. The third-order valence-corrected chi connectivity index (χ3v) is 4.24. The first-order chi connectivity index (χ1) is 12.0. The second-order valence-corrected chi connectivity index (χ2v) is 6.03. The Labute approximate surface area is 154 Å². The van der Waals surface area contributed by atoms with Crippen molar-refractivity contribution in [3.05, 3.63) is 65.1 Å². The molecule has 7 heteroatoms. The maximum Gasteiger partial charge on any atom is 0.265 e. The van der Waals surface area contributed by atoms with Gasteiger partial charge in [0.1, 0.15) is 10.8 Å². The maximum absolute atomic E-state index is 12.4. The fraction of sp³-hybridized carbons (Fsp3) is 0.111. The van der Waals surface area contributed by atoms with Crippen molar-refractivity contribution in [3.63, 3.8) is 0 Å². The first-order valence-corrected chi connectivity index (χ1v) is 8.20. The minimum atomic E-state index is -0.759. The van der Waals surface area contributed by atoms with Crippen LogP contribution in [0.3, 0.4) is 0 Å². The summed E-state index contributed by atoms with van der Waals surface area (Å²) in [6, 6.07) is 12.2. The Morgan fingerprint density at radius 3 is 2.80 bits per heavy atom. The fourth-order valence-electron chi connectivity index (χ4n) is 2.17. The standard InChI is InChI=1S/C18H14Cl2N2O3/c1-11(25-15-7-3-6-14(19)17(15)20)18(23)22-13-5-2-4-12(8-13)16-9-21-10-24-16/h2-11H,1H3,(H,22,23). The summed E-state index contributed by atoms with van der Waals surface area (Å²) in [4.78, 5) is 16.2. The van der Waals surface area contributed by atoms with Crippen molar-refractivity contribution in [2.75, 3.05) is 5.32 Å². The van der Waals surface area contributed by atoms with E-state index in [0.29, 0.717) is 22.2 Å². The highest BCUT2D eigenvalue weighted by Crippen LogP contribution is 2.32. The number of anilines is 1.